The monoisotopic (exact) mass is 260 g/mol. The molecule has 0 aromatic heterocycles. The first kappa shape index (κ1) is 13.3. The van der Waals surface area contributed by atoms with Crippen molar-refractivity contribution in [3.05, 3.63) is 27.7 Å². The molecule has 0 aliphatic rings. The molecule has 0 saturated carbocycles. The smallest absolute Gasteiger partial charge is 0.167 e. The van der Waals surface area contributed by atoms with Gasteiger partial charge < -0.3 is 5.11 Å². The van der Waals surface area contributed by atoms with E-state index in [0.29, 0.717) is 5.56 Å². The Bertz CT molecular complexity index is 398. The topological polar surface area (TPSA) is 37.3 Å². The lowest BCUT2D eigenvalue weighted by Gasteiger charge is -2.13. The van der Waals surface area contributed by atoms with Gasteiger partial charge >= 0.3 is 0 Å². The molecule has 16 heavy (non-hydrogen) atoms. The van der Waals surface area contributed by atoms with Gasteiger partial charge in [0.25, 0.3) is 0 Å². The number of hydrogen-bond acceptors (Lipinski definition) is 2. The van der Waals surface area contributed by atoms with Crippen LogP contribution in [0.4, 0.5) is 0 Å². The fourth-order valence-corrected chi connectivity index (χ4v) is 2.03. The van der Waals surface area contributed by atoms with Crippen LogP contribution in [0.2, 0.25) is 10.0 Å². The van der Waals surface area contributed by atoms with Crippen LogP contribution in [0.25, 0.3) is 0 Å². The predicted octanol–water partition coefficient (Wildman–Crippen LogP) is 4.32. The minimum atomic E-state index is -0.104. The molecule has 0 aliphatic heterocycles. The Morgan fingerprint density at radius 1 is 1.25 bits per heavy atom. The summed E-state index contributed by atoms with van der Waals surface area (Å²) in [5.41, 5.74) is 0.387. The molecule has 2 nitrogen and oxygen atoms in total. The average molecular weight is 261 g/mol. The summed E-state index contributed by atoms with van der Waals surface area (Å²) in [6, 6.07) is 2.91. The average Bonchev–Trinajstić information content (AvgIpc) is 2.27. The summed E-state index contributed by atoms with van der Waals surface area (Å²) in [5.74, 6) is -0.164. The first-order chi connectivity index (χ1) is 7.52. The SMILES string of the molecule is CCC(CC)C(=O)c1ccc(O)c(Cl)c1Cl. The number of phenolic OH excluding ortho intramolecular Hbond substituents is 1. The lowest BCUT2D eigenvalue weighted by molar-refractivity contribution is 0.0913. The largest absolute Gasteiger partial charge is 0.506 e. The Hall–Kier alpha value is -0.730. The Morgan fingerprint density at radius 3 is 2.31 bits per heavy atom. The maximum atomic E-state index is 12.1. The lowest BCUT2D eigenvalue weighted by atomic mass is 9.93. The first-order valence-corrected chi connectivity index (χ1v) is 5.99. The van der Waals surface area contributed by atoms with Crippen molar-refractivity contribution in [2.45, 2.75) is 26.7 Å². The highest BCUT2D eigenvalue weighted by Gasteiger charge is 2.21. The number of aromatic hydroxyl groups is 1. The molecule has 0 amide bonds. The van der Waals surface area contributed by atoms with Crippen LogP contribution in [0.5, 0.6) is 5.75 Å². The van der Waals surface area contributed by atoms with Crippen molar-refractivity contribution in [3.8, 4) is 5.75 Å². The summed E-state index contributed by atoms with van der Waals surface area (Å²) in [6.07, 6.45) is 1.54. The molecule has 0 heterocycles. The first-order valence-electron chi connectivity index (χ1n) is 5.24. The summed E-state index contributed by atoms with van der Waals surface area (Å²) in [4.78, 5) is 12.1. The van der Waals surface area contributed by atoms with Gasteiger partial charge in [-0.25, -0.2) is 0 Å². The van der Waals surface area contributed by atoms with Crippen LogP contribution in [0.3, 0.4) is 0 Å². The van der Waals surface area contributed by atoms with Crippen molar-refractivity contribution in [2.75, 3.05) is 0 Å². The predicted molar refractivity (Wildman–Crippen MR) is 66.5 cm³/mol. The van der Waals surface area contributed by atoms with E-state index in [2.05, 4.69) is 0 Å². The standard InChI is InChI=1S/C12H14Cl2O2/c1-3-7(4-2)12(16)8-5-6-9(15)11(14)10(8)13/h5-7,15H,3-4H2,1-2H3. The summed E-state index contributed by atoms with van der Waals surface area (Å²) in [5, 5.41) is 9.51. The van der Waals surface area contributed by atoms with E-state index in [4.69, 9.17) is 23.2 Å². The summed E-state index contributed by atoms with van der Waals surface area (Å²) < 4.78 is 0. The zero-order valence-electron chi connectivity index (χ0n) is 9.26. The third kappa shape index (κ3) is 2.50. The van der Waals surface area contributed by atoms with E-state index in [1.807, 2.05) is 13.8 Å². The third-order valence-electron chi connectivity index (χ3n) is 2.68. The van der Waals surface area contributed by atoms with E-state index >= 15 is 0 Å². The van der Waals surface area contributed by atoms with E-state index in [1.54, 1.807) is 0 Å². The van der Waals surface area contributed by atoms with Crippen molar-refractivity contribution in [1.82, 2.24) is 0 Å². The fraction of sp³-hybridized carbons (Fsp3) is 0.417. The molecule has 0 aliphatic carbocycles. The van der Waals surface area contributed by atoms with Crippen molar-refractivity contribution < 1.29 is 9.90 Å². The maximum Gasteiger partial charge on any atom is 0.167 e. The van der Waals surface area contributed by atoms with E-state index < -0.39 is 0 Å². The summed E-state index contributed by atoms with van der Waals surface area (Å²) >= 11 is 11.7. The van der Waals surface area contributed by atoms with Crippen LogP contribution in [-0.4, -0.2) is 10.9 Å². The fourth-order valence-electron chi connectivity index (χ4n) is 1.61. The number of Topliss-reactive ketones (excluding diaryl/α,β-unsaturated/α-hetero) is 1. The molecule has 1 rings (SSSR count). The number of hydrogen-bond donors (Lipinski definition) is 1. The highest BCUT2D eigenvalue weighted by atomic mass is 35.5. The summed E-state index contributed by atoms with van der Waals surface area (Å²) in [7, 11) is 0. The number of ketones is 1. The van der Waals surface area contributed by atoms with Gasteiger partial charge in [-0.05, 0) is 25.0 Å². The maximum absolute atomic E-state index is 12.1. The number of phenols is 1. The molecule has 1 aromatic rings. The highest BCUT2D eigenvalue weighted by Crippen LogP contribution is 2.35. The molecule has 1 N–H and O–H groups in total. The molecule has 4 heteroatoms. The minimum absolute atomic E-state index is 0.0168. The van der Waals surface area contributed by atoms with Gasteiger partial charge in [0.1, 0.15) is 10.8 Å². The number of rotatable bonds is 4. The van der Waals surface area contributed by atoms with Gasteiger partial charge in [-0.3, -0.25) is 4.79 Å². The highest BCUT2D eigenvalue weighted by molar-refractivity contribution is 6.44. The molecule has 0 atom stereocenters. The van der Waals surface area contributed by atoms with Gasteiger partial charge in [0.15, 0.2) is 5.78 Å². The van der Waals surface area contributed by atoms with Crippen molar-refractivity contribution in [3.63, 3.8) is 0 Å². The Kier molecular flexibility index (Phi) is 4.63. The number of benzene rings is 1. The van der Waals surface area contributed by atoms with E-state index in [-0.39, 0.29) is 27.5 Å². The number of halogens is 2. The molecule has 0 bridgehead atoms. The molecule has 0 fully saturated rings. The van der Waals surface area contributed by atoms with Gasteiger partial charge in [0.05, 0.1) is 5.02 Å². The van der Waals surface area contributed by atoms with Gasteiger partial charge in [0.2, 0.25) is 0 Å². The molecule has 0 radical (unpaired) electrons. The molecule has 0 spiro atoms. The zero-order valence-corrected chi connectivity index (χ0v) is 10.8. The number of carbonyl (C=O) groups excluding carboxylic acids is 1. The van der Waals surface area contributed by atoms with Gasteiger partial charge in [-0.15, -0.1) is 0 Å². The number of carbonyl (C=O) groups is 1. The molecule has 1 aromatic carbocycles. The van der Waals surface area contributed by atoms with Gasteiger partial charge in [-0.1, -0.05) is 37.0 Å². The molecule has 0 saturated heterocycles. The van der Waals surface area contributed by atoms with Gasteiger partial charge in [-0.2, -0.15) is 0 Å². The Morgan fingerprint density at radius 2 is 1.81 bits per heavy atom. The van der Waals surface area contributed by atoms with Crippen LogP contribution in [0.15, 0.2) is 12.1 Å². The zero-order chi connectivity index (χ0) is 12.3. The third-order valence-corrected chi connectivity index (χ3v) is 3.56. The van der Waals surface area contributed by atoms with Crippen LogP contribution in [0, 0.1) is 5.92 Å². The van der Waals surface area contributed by atoms with Crippen LogP contribution >= 0.6 is 23.2 Å². The Balaban J connectivity index is 3.14. The van der Waals surface area contributed by atoms with Gasteiger partial charge in [0, 0.05) is 11.5 Å². The van der Waals surface area contributed by atoms with E-state index in [0.717, 1.165) is 12.8 Å². The summed E-state index contributed by atoms with van der Waals surface area (Å²) in [6.45, 7) is 3.92. The second-order valence-corrected chi connectivity index (χ2v) is 4.39. The molecule has 0 unspecified atom stereocenters. The Labute approximate surface area is 105 Å². The minimum Gasteiger partial charge on any atom is -0.506 e. The van der Waals surface area contributed by atoms with Crippen LogP contribution in [-0.2, 0) is 0 Å². The quantitative estimate of drug-likeness (QED) is 0.819. The van der Waals surface area contributed by atoms with Crippen LogP contribution in [0.1, 0.15) is 37.0 Å². The second-order valence-electron chi connectivity index (χ2n) is 3.64. The van der Waals surface area contributed by atoms with Crippen LogP contribution < -0.4 is 0 Å². The van der Waals surface area contributed by atoms with Crippen molar-refractivity contribution >= 4 is 29.0 Å². The second kappa shape index (κ2) is 5.55. The normalized spacial score (nSPS) is 10.8. The van der Waals surface area contributed by atoms with Crippen molar-refractivity contribution in [2.24, 2.45) is 5.92 Å². The molecular formula is C12H14Cl2O2. The molecule has 88 valence electrons. The van der Waals surface area contributed by atoms with E-state index in [1.165, 1.54) is 12.1 Å². The molecular weight excluding hydrogens is 247 g/mol. The lowest BCUT2D eigenvalue weighted by Crippen LogP contribution is -2.13. The van der Waals surface area contributed by atoms with E-state index in [9.17, 15) is 9.90 Å². The van der Waals surface area contributed by atoms with Crippen molar-refractivity contribution in [1.29, 1.82) is 0 Å².